The number of aromatic nitrogens is 2. The summed E-state index contributed by atoms with van der Waals surface area (Å²) < 4.78 is 15.7. The third kappa shape index (κ3) is 6.54. The van der Waals surface area contributed by atoms with Crippen LogP contribution in [0, 0.1) is 6.92 Å². The zero-order valence-corrected chi connectivity index (χ0v) is 17.7. The van der Waals surface area contributed by atoms with Crippen LogP contribution in [0.1, 0.15) is 47.2 Å². The minimum Gasteiger partial charge on any atom is -0.444 e. The monoisotopic (exact) mass is 394 g/mol. The molecule has 9 heteroatoms. The number of anilines is 1. The highest BCUT2D eigenvalue weighted by Crippen LogP contribution is 2.21. The van der Waals surface area contributed by atoms with E-state index in [9.17, 15) is 9.59 Å². The van der Waals surface area contributed by atoms with Crippen LogP contribution in [0.5, 0.6) is 5.75 Å². The van der Waals surface area contributed by atoms with Gasteiger partial charge in [-0.2, -0.15) is 0 Å². The molecular weight excluding hydrogens is 364 g/mol. The molecule has 0 radical (unpaired) electrons. The normalized spacial score (nSPS) is 15.2. The molecule has 1 saturated heterocycles. The molecule has 1 aliphatic rings. The van der Waals surface area contributed by atoms with Gasteiger partial charge in [-0.25, -0.2) is 19.6 Å². The molecule has 9 nitrogen and oxygen atoms in total. The highest BCUT2D eigenvalue weighted by molar-refractivity contribution is 5.68. The summed E-state index contributed by atoms with van der Waals surface area (Å²) in [5.41, 5.74) is -0.622. The Labute approximate surface area is 166 Å². The summed E-state index contributed by atoms with van der Waals surface area (Å²) in [6.07, 6.45) is 0.352. The largest absolute Gasteiger partial charge is 0.514 e. The maximum Gasteiger partial charge on any atom is 0.514 e. The van der Waals surface area contributed by atoms with Gasteiger partial charge >= 0.3 is 12.2 Å². The number of piperazine rings is 1. The number of aryl methyl sites for hydroxylation is 1. The molecule has 2 rings (SSSR count). The van der Waals surface area contributed by atoms with Crippen LogP contribution in [0.25, 0.3) is 0 Å². The topological polar surface area (TPSA) is 94.1 Å². The summed E-state index contributed by atoms with van der Waals surface area (Å²) in [6.45, 7) is 14.8. The Morgan fingerprint density at radius 1 is 0.964 bits per heavy atom. The fraction of sp³-hybridized carbons (Fsp3) is 0.684. The van der Waals surface area contributed by atoms with Crippen molar-refractivity contribution >= 4 is 18.2 Å². The van der Waals surface area contributed by atoms with Gasteiger partial charge in [0.15, 0.2) is 5.75 Å². The van der Waals surface area contributed by atoms with Gasteiger partial charge in [0, 0.05) is 26.2 Å². The molecule has 0 atom stereocenters. The molecular formula is C19H30N4O5. The number of ether oxygens (including phenoxy) is 3. The third-order valence-electron chi connectivity index (χ3n) is 3.72. The maximum absolute atomic E-state index is 12.2. The van der Waals surface area contributed by atoms with Crippen molar-refractivity contribution in [2.45, 2.75) is 59.7 Å². The Hall–Kier alpha value is -2.58. The van der Waals surface area contributed by atoms with Crippen molar-refractivity contribution in [3.8, 4) is 5.75 Å². The standard InChI is InChI=1S/C19H30N4O5/c1-13-14(26-17(25)28-19(5,6)7)12-20-15(21-13)22-8-10-23(11-9-22)16(24)27-18(2,3)4/h12H,8-11H2,1-7H3. The first kappa shape index (κ1) is 21.7. The van der Waals surface area contributed by atoms with Crippen LogP contribution in [0.15, 0.2) is 6.20 Å². The van der Waals surface area contributed by atoms with Gasteiger partial charge in [0.2, 0.25) is 5.95 Å². The van der Waals surface area contributed by atoms with E-state index in [2.05, 4.69) is 9.97 Å². The van der Waals surface area contributed by atoms with Crippen LogP contribution >= 0.6 is 0 Å². The minimum absolute atomic E-state index is 0.255. The predicted octanol–water partition coefficient (Wildman–Crippen LogP) is 3.16. The molecule has 0 spiro atoms. The Kier molecular flexibility index (Phi) is 6.36. The SMILES string of the molecule is Cc1nc(N2CCN(C(=O)OC(C)(C)C)CC2)ncc1OC(=O)OC(C)(C)C. The molecule has 1 aromatic heterocycles. The lowest BCUT2D eigenvalue weighted by atomic mass is 10.2. The quantitative estimate of drug-likeness (QED) is 0.706. The van der Waals surface area contributed by atoms with Gasteiger partial charge in [-0.1, -0.05) is 0 Å². The summed E-state index contributed by atoms with van der Waals surface area (Å²) in [6, 6.07) is 0. The lowest BCUT2D eigenvalue weighted by Gasteiger charge is -2.35. The fourth-order valence-electron chi connectivity index (χ4n) is 2.47. The summed E-state index contributed by atoms with van der Waals surface area (Å²) in [5.74, 6) is 0.781. The minimum atomic E-state index is -0.794. The molecule has 0 unspecified atom stereocenters. The van der Waals surface area contributed by atoms with E-state index in [1.165, 1.54) is 6.20 Å². The zero-order valence-electron chi connectivity index (χ0n) is 17.7. The van der Waals surface area contributed by atoms with Gasteiger partial charge < -0.3 is 24.0 Å². The Balaban J connectivity index is 1.94. The van der Waals surface area contributed by atoms with Gasteiger partial charge in [-0.15, -0.1) is 0 Å². The van der Waals surface area contributed by atoms with Crippen molar-refractivity contribution in [1.29, 1.82) is 0 Å². The summed E-state index contributed by atoms with van der Waals surface area (Å²) in [7, 11) is 0. The van der Waals surface area contributed by atoms with E-state index in [4.69, 9.17) is 14.2 Å². The van der Waals surface area contributed by atoms with E-state index in [-0.39, 0.29) is 11.8 Å². The van der Waals surface area contributed by atoms with Gasteiger partial charge in [0.1, 0.15) is 11.2 Å². The molecule has 0 N–H and O–H groups in total. The van der Waals surface area contributed by atoms with Crippen molar-refractivity contribution < 1.29 is 23.8 Å². The number of carbonyl (C=O) groups excluding carboxylic acids is 2. The second-order valence-electron chi connectivity index (χ2n) is 8.64. The summed E-state index contributed by atoms with van der Waals surface area (Å²) in [4.78, 5) is 36.3. The van der Waals surface area contributed by atoms with E-state index in [0.29, 0.717) is 37.8 Å². The smallest absolute Gasteiger partial charge is 0.444 e. The second kappa shape index (κ2) is 8.20. The molecule has 0 saturated carbocycles. The number of rotatable bonds is 2. The van der Waals surface area contributed by atoms with E-state index in [1.807, 2.05) is 25.7 Å². The van der Waals surface area contributed by atoms with Crippen molar-refractivity contribution in [1.82, 2.24) is 14.9 Å². The van der Waals surface area contributed by atoms with Crippen LogP contribution in [0.2, 0.25) is 0 Å². The number of nitrogens with zero attached hydrogens (tertiary/aromatic N) is 4. The number of hydrogen-bond acceptors (Lipinski definition) is 8. The lowest BCUT2D eigenvalue weighted by molar-refractivity contribution is 0.0200. The molecule has 2 heterocycles. The highest BCUT2D eigenvalue weighted by atomic mass is 16.7. The second-order valence-corrected chi connectivity index (χ2v) is 8.64. The number of amides is 1. The van der Waals surface area contributed by atoms with Crippen LogP contribution in [0.4, 0.5) is 15.5 Å². The molecule has 156 valence electrons. The van der Waals surface area contributed by atoms with Crippen LogP contribution < -0.4 is 9.64 Å². The maximum atomic E-state index is 12.2. The lowest BCUT2D eigenvalue weighted by Crippen LogP contribution is -2.50. The molecule has 1 aromatic rings. The molecule has 0 aromatic carbocycles. The van der Waals surface area contributed by atoms with Gasteiger partial charge in [0.05, 0.1) is 11.9 Å². The molecule has 0 aliphatic carbocycles. The van der Waals surface area contributed by atoms with Gasteiger partial charge in [0.25, 0.3) is 0 Å². The first-order valence-electron chi connectivity index (χ1n) is 9.31. The predicted molar refractivity (Wildman–Crippen MR) is 104 cm³/mol. The Bertz CT molecular complexity index is 716. The summed E-state index contributed by atoms with van der Waals surface area (Å²) in [5, 5.41) is 0. The first-order valence-corrected chi connectivity index (χ1v) is 9.31. The summed E-state index contributed by atoms with van der Waals surface area (Å²) >= 11 is 0. The zero-order chi connectivity index (χ0) is 21.1. The van der Waals surface area contributed by atoms with Crippen molar-refractivity contribution in [3.05, 3.63) is 11.9 Å². The molecule has 1 amide bonds. The van der Waals surface area contributed by atoms with E-state index >= 15 is 0 Å². The van der Waals surface area contributed by atoms with Crippen LogP contribution in [-0.2, 0) is 9.47 Å². The van der Waals surface area contributed by atoms with E-state index in [1.54, 1.807) is 32.6 Å². The van der Waals surface area contributed by atoms with Crippen LogP contribution in [-0.4, -0.2) is 64.5 Å². The van der Waals surface area contributed by atoms with Crippen molar-refractivity contribution in [2.24, 2.45) is 0 Å². The molecule has 28 heavy (non-hydrogen) atoms. The first-order chi connectivity index (χ1) is 12.8. The fourth-order valence-corrected chi connectivity index (χ4v) is 2.47. The van der Waals surface area contributed by atoms with Gasteiger partial charge in [-0.3, -0.25) is 0 Å². The molecule has 1 fully saturated rings. The number of carbonyl (C=O) groups is 2. The van der Waals surface area contributed by atoms with Crippen LogP contribution in [0.3, 0.4) is 0 Å². The van der Waals surface area contributed by atoms with Gasteiger partial charge in [-0.05, 0) is 48.5 Å². The molecule has 0 bridgehead atoms. The average Bonchev–Trinajstić information content (AvgIpc) is 2.53. The third-order valence-corrected chi connectivity index (χ3v) is 3.72. The Morgan fingerprint density at radius 2 is 1.54 bits per heavy atom. The molecule has 1 aliphatic heterocycles. The highest BCUT2D eigenvalue weighted by Gasteiger charge is 2.27. The van der Waals surface area contributed by atoms with Crippen molar-refractivity contribution in [3.63, 3.8) is 0 Å². The van der Waals surface area contributed by atoms with E-state index < -0.39 is 17.4 Å². The number of hydrogen-bond donors (Lipinski definition) is 0. The van der Waals surface area contributed by atoms with E-state index in [0.717, 1.165) is 0 Å². The Morgan fingerprint density at radius 3 is 2.04 bits per heavy atom. The van der Waals surface area contributed by atoms with Crippen molar-refractivity contribution in [2.75, 3.05) is 31.1 Å². The average molecular weight is 394 g/mol.